The van der Waals surface area contributed by atoms with Crippen molar-refractivity contribution < 1.29 is 0 Å². The van der Waals surface area contributed by atoms with Crippen molar-refractivity contribution in [1.29, 1.82) is 0 Å². The Morgan fingerprint density at radius 3 is 2.33 bits per heavy atom. The predicted molar refractivity (Wildman–Crippen MR) is 56.8 cm³/mol. The molecular formula is C10H20ClN. The number of hydrogen-bond acceptors (Lipinski definition) is 1. The van der Waals surface area contributed by atoms with Crippen molar-refractivity contribution in [3.8, 4) is 0 Å². The van der Waals surface area contributed by atoms with Gasteiger partial charge < -0.3 is 5.32 Å². The van der Waals surface area contributed by atoms with Crippen molar-refractivity contribution in [2.45, 2.75) is 26.7 Å². The van der Waals surface area contributed by atoms with Gasteiger partial charge in [-0.2, -0.15) is 0 Å². The monoisotopic (exact) mass is 189 g/mol. The molecule has 12 heavy (non-hydrogen) atoms. The lowest BCUT2D eigenvalue weighted by Crippen LogP contribution is -2.35. The Hall–Kier alpha value is -0.0100. The molecule has 0 spiro atoms. The van der Waals surface area contributed by atoms with E-state index < -0.39 is 0 Å². The van der Waals surface area contributed by atoms with Crippen molar-refractivity contribution in [1.82, 2.24) is 5.32 Å². The first-order chi connectivity index (χ1) is 5.74. The number of nitrogens with one attached hydrogen (secondary N) is 1. The molecule has 0 amide bonds. The van der Waals surface area contributed by atoms with Gasteiger partial charge in [0, 0.05) is 19.0 Å². The van der Waals surface area contributed by atoms with Crippen LogP contribution in [0.5, 0.6) is 0 Å². The molecule has 72 valence electrons. The van der Waals surface area contributed by atoms with Gasteiger partial charge in [-0.05, 0) is 18.3 Å². The molecule has 0 saturated carbocycles. The summed E-state index contributed by atoms with van der Waals surface area (Å²) < 4.78 is 0. The van der Waals surface area contributed by atoms with Gasteiger partial charge in [0.25, 0.3) is 0 Å². The van der Waals surface area contributed by atoms with E-state index >= 15 is 0 Å². The molecule has 0 aliphatic rings. The number of alkyl halides is 1. The second-order valence-corrected chi connectivity index (χ2v) is 3.53. The van der Waals surface area contributed by atoms with Crippen LogP contribution in [0.3, 0.4) is 0 Å². The van der Waals surface area contributed by atoms with Gasteiger partial charge >= 0.3 is 0 Å². The zero-order valence-corrected chi connectivity index (χ0v) is 8.95. The summed E-state index contributed by atoms with van der Waals surface area (Å²) in [7, 11) is 0. The Balaban J connectivity index is 3.84. The molecule has 0 heterocycles. The van der Waals surface area contributed by atoms with Gasteiger partial charge in [0.15, 0.2) is 0 Å². The minimum atomic E-state index is 0.282. The van der Waals surface area contributed by atoms with Crippen LogP contribution in [0, 0.1) is 5.41 Å². The van der Waals surface area contributed by atoms with Crippen LogP contribution < -0.4 is 5.32 Å². The SMILES string of the molecule is C=CCNCC(CC)(CC)CCl. The maximum Gasteiger partial charge on any atom is 0.0291 e. The molecule has 0 bridgehead atoms. The first-order valence-corrected chi connectivity index (χ1v) is 5.15. The molecule has 0 saturated heterocycles. The van der Waals surface area contributed by atoms with Crippen molar-refractivity contribution >= 4 is 11.6 Å². The third-order valence-electron chi connectivity index (χ3n) is 2.57. The van der Waals surface area contributed by atoms with Crippen molar-refractivity contribution in [3.63, 3.8) is 0 Å². The number of rotatable bonds is 7. The summed E-state index contributed by atoms with van der Waals surface area (Å²) in [6, 6.07) is 0. The van der Waals surface area contributed by atoms with E-state index in [1.165, 1.54) is 0 Å². The van der Waals surface area contributed by atoms with E-state index in [0.717, 1.165) is 31.8 Å². The minimum absolute atomic E-state index is 0.282. The summed E-state index contributed by atoms with van der Waals surface area (Å²) in [4.78, 5) is 0. The van der Waals surface area contributed by atoms with Gasteiger partial charge in [-0.15, -0.1) is 18.2 Å². The van der Waals surface area contributed by atoms with E-state index in [0.29, 0.717) is 0 Å². The Kier molecular flexibility index (Phi) is 6.49. The summed E-state index contributed by atoms with van der Waals surface area (Å²) in [5.41, 5.74) is 0.282. The second kappa shape index (κ2) is 6.50. The van der Waals surface area contributed by atoms with E-state index in [1.807, 2.05) is 6.08 Å². The maximum absolute atomic E-state index is 5.94. The maximum atomic E-state index is 5.94. The fraction of sp³-hybridized carbons (Fsp3) is 0.800. The molecular weight excluding hydrogens is 170 g/mol. The van der Waals surface area contributed by atoms with Gasteiger partial charge in [-0.25, -0.2) is 0 Å². The van der Waals surface area contributed by atoms with Crippen LogP contribution in [0.2, 0.25) is 0 Å². The molecule has 0 rings (SSSR count). The van der Waals surface area contributed by atoms with Gasteiger partial charge in [-0.1, -0.05) is 19.9 Å². The van der Waals surface area contributed by atoms with Gasteiger partial charge in [0.05, 0.1) is 0 Å². The highest BCUT2D eigenvalue weighted by molar-refractivity contribution is 6.18. The molecule has 0 atom stereocenters. The summed E-state index contributed by atoms with van der Waals surface area (Å²) >= 11 is 5.94. The number of hydrogen-bond donors (Lipinski definition) is 1. The third-order valence-corrected chi connectivity index (χ3v) is 3.14. The smallest absolute Gasteiger partial charge is 0.0291 e. The zero-order valence-electron chi connectivity index (χ0n) is 8.20. The molecule has 0 aromatic carbocycles. The Morgan fingerprint density at radius 1 is 1.42 bits per heavy atom. The molecule has 0 aliphatic heterocycles. The molecule has 0 radical (unpaired) electrons. The zero-order chi connectivity index (χ0) is 9.45. The van der Waals surface area contributed by atoms with E-state index in [2.05, 4.69) is 25.7 Å². The van der Waals surface area contributed by atoms with Crippen molar-refractivity contribution in [2.75, 3.05) is 19.0 Å². The Bertz CT molecular complexity index is 111. The summed E-state index contributed by atoms with van der Waals surface area (Å²) in [5.74, 6) is 0.740. The van der Waals surface area contributed by atoms with Crippen LogP contribution in [0.15, 0.2) is 12.7 Å². The summed E-state index contributed by atoms with van der Waals surface area (Å²) in [6.07, 6.45) is 4.15. The second-order valence-electron chi connectivity index (χ2n) is 3.26. The molecule has 2 heteroatoms. The van der Waals surface area contributed by atoms with E-state index in [1.54, 1.807) is 0 Å². The lowest BCUT2D eigenvalue weighted by molar-refractivity contribution is 0.291. The molecule has 1 nitrogen and oxygen atoms in total. The van der Waals surface area contributed by atoms with E-state index in [-0.39, 0.29) is 5.41 Å². The Morgan fingerprint density at radius 2 is 2.00 bits per heavy atom. The van der Waals surface area contributed by atoms with E-state index in [9.17, 15) is 0 Å². The fourth-order valence-electron chi connectivity index (χ4n) is 1.18. The lowest BCUT2D eigenvalue weighted by Gasteiger charge is -2.29. The van der Waals surface area contributed by atoms with Crippen molar-refractivity contribution in [2.24, 2.45) is 5.41 Å². The van der Waals surface area contributed by atoms with Crippen LogP contribution in [-0.2, 0) is 0 Å². The largest absolute Gasteiger partial charge is 0.313 e. The first-order valence-electron chi connectivity index (χ1n) is 4.62. The molecule has 0 fully saturated rings. The van der Waals surface area contributed by atoms with Crippen LogP contribution >= 0.6 is 11.6 Å². The molecule has 0 aromatic rings. The average molecular weight is 190 g/mol. The topological polar surface area (TPSA) is 12.0 Å². The molecule has 1 N–H and O–H groups in total. The highest BCUT2D eigenvalue weighted by Crippen LogP contribution is 2.26. The highest BCUT2D eigenvalue weighted by atomic mass is 35.5. The van der Waals surface area contributed by atoms with Crippen LogP contribution in [0.1, 0.15) is 26.7 Å². The summed E-state index contributed by atoms with van der Waals surface area (Å²) in [5, 5.41) is 3.33. The van der Waals surface area contributed by atoms with Crippen molar-refractivity contribution in [3.05, 3.63) is 12.7 Å². The van der Waals surface area contributed by atoms with Gasteiger partial charge in [0.1, 0.15) is 0 Å². The predicted octanol–water partition coefficient (Wildman–Crippen LogP) is 2.81. The van der Waals surface area contributed by atoms with Crippen LogP contribution in [-0.4, -0.2) is 19.0 Å². The average Bonchev–Trinajstić information content (AvgIpc) is 2.14. The molecule has 0 unspecified atom stereocenters. The van der Waals surface area contributed by atoms with Gasteiger partial charge in [-0.3, -0.25) is 0 Å². The molecule has 0 aliphatic carbocycles. The van der Waals surface area contributed by atoms with Gasteiger partial charge in [0.2, 0.25) is 0 Å². The fourth-order valence-corrected chi connectivity index (χ4v) is 1.65. The highest BCUT2D eigenvalue weighted by Gasteiger charge is 2.23. The van der Waals surface area contributed by atoms with E-state index in [4.69, 9.17) is 11.6 Å². The van der Waals surface area contributed by atoms with Crippen LogP contribution in [0.25, 0.3) is 0 Å². The third kappa shape index (κ3) is 3.59. The number of halogens is 1. The van der Waals surface area contributed by atoms with Crippen LogP contribution in [0.4, 0.5) is 0 Å². The first kappa shape index (κ1) is 12.0. The lowest BCUT2D eigenvalue weighted by atomic mass is 9.84. The standard InChI is InChI=1S/C10H20ClN/c1-4-7-12-9-10(5-2,6-3)8-11/h4,12H,1,5-9H2,2-3H3. The summed E-state index contributed by atoms with van der Waals surface area (Å²) in [6.45, 7) is 9.92. The minimum Gasteiger partial charge on any atom is -0.313 e. The quantitative estimate of drug-likeness (QED) is 0.369. The Labute approximate surface area is 81.2 Å². The molecule has 0 aromatic heterocycles. The normalized spacial score (nSPS) is 11.6.